The number of alkyl halides is 3. The molecule has 8 nitrogen and oxygen atoms in total. The largest absolute Gasteiger partial charge is 0.434 e. The van der Waals surface area contributed by atoms with Crippen LogP contribution in [0.3, 0.4) is 0 Å². The van der Waals surface area contributed by atoms with Gasteiger partial charge in [-0.05, 0) is 36.8 Å². The van der Waals surface area contributed by atoms with Crippen LogP contribution in [0.5, 0.6) is 0 Å². The van der Waals surface area contributed by atoms with Gasteiger partial charge in [-0.15, -0.1) is 11.3 Å². The van der Waals surface area contributed by atoms with Crippen molar-refractivity contribution in [1.29, 1.82) is 5.26 Å². The predicted octanol–water partition coefficient (Wildman–Crippen LogP) is 3.79. The third-order valence-corrected chi connectivity index (χ3v) is 8.41. The van der Waals surface area contributed by atoms with E-state index in [1.165, 1.54) is 12.1 Å². The highest BCUT2D eigenvalue weighted by molar-refractivity contribution is 7.99. The molecule has 176 valence electrons. The van der Waals surface area contributed by atoms with Crippen molar-refractivity contribution in [2.45, 2.75) is 41.4 Å². The molecule has 1 atom stereocenters. The first kappa shape index (κ1) is 22.8. The van der Waals surface area contributed by atoms with Gasteiger partial charge in [-0.3, -0.25) is 4.98 Å². The van der Waals surface area contributed by atoms with E-state index in [0.717, 1.165) is 36.0 Å². The van der Waals surface area contributed by atoms with Gasteiger partial charge in [0.05, 0.1) is 11.2 Å². The molecule has 0 amide bonds. The van der Waals surface area contributed by atoms with E-state index in [4.69, 9.17) is 11.5 Å². The molecule has 1 spiro atoms. The highest BCUT2D eigenvalue weighted by Gasteiger charge is 2.48. The number of nitrogen functional groups attached to an aromatic ring is 1. The van der Waals surface area contributed by atoms with Crippen LogP contribution in [0, 0.1) is 16.7 Å². The number of aromatic nitrogens is 4. The summed E-state index contributed by atoms with van der Waals surface area (Å²) in [5.74, 6) is 0.293. The fourth-order valence-electron chi connectivity index (χ4n) is 4.62. The quantitative estimate of drug-likeness (QED) is 0.547. The number of hydrogen-bond acceptors (Lipinski definition) is 10. The second-order valence-corrected chi connectivity index (χ2v) is 10.2. The second kappa shape index (κ2) is 8.37. The molecule has 1 fully saturated rings. The van der Waals surface area contributed by atoms with Gasteiger partial charge < -0.3 is 16.4 Å². The molecule has 3 aromatic heterocycles. The maximum absolute atomic E-state index is 13.3. The molecule has 0 unspecified atom stereocenters. The molecule has 13 heteroatoms. The van der Waals surface area contributed by atoms with Gasteiger partial charge >= 0.3 is 6.18 Å². The maximum Gasteiger partial charge on any atom is 0.434 e. The third-order valence-electron chi connectivity index (χ3n) is 6.42. The molecular weight excluding hydrogens is 485 g/mol. The molecule has 4 N–H and O–H groups in total. The Balaban J connectivity index is 1.38. The molecule has 5 rings (SSSR count). The molecule has 2 aliphatic rings. The van der Waals surface area contributed by atoms with Crippen molar-refractivity contribution in [3.8, 4) is 6.07 Å². The van der Waals surface area contributed by atoms with Crippen LogP contribution in [0.4, 0.5) is 24.8 Å². The number of halogens is 3. The molecular formula is C21H19F3N8S2. The van der Waals surface area contributed by atoms with E-state index in [9.17, 15) is 18.4 Å². The number of pyridine rings is 1. The number of fused-ring (bicyclic) bond motifs is 1. The van der Waals surface area contributed by atoms with E-state index >= 15 is 0 Å². The zero-order chi connectivity index (χ0) is 24.1. The van der Waals surface area contributed by atoms with Crippen molar-refractivity contribution in [2.75, 3.05) is 23.7 Å². The average Bonchev–Trinajstić information content (AvgIpc) is 3.36. The Labute approximate surface area is 201 Å². The Morgan fingerprint density at radius 2 is 2.00 bits per heavy atom. The van der Waals surface area contributed by atoms with Crippen LogP contribution in [0.25, 0.3) is 0 Å². The summed E-state index contributed by atoms with van der Waals surface area (Å²) in [4.78, 5) is 19.4. The van der Waals surface area contributed by atoms with E-state index in [1.807, 2.05) is 16.5 Å². The number of piperidine rings is 1. The average molecular weight is 505 g/mol. The lowest BCUT2D eigenvalue weighted by Gasteiger charge is -2.42. The summed E-state index contributed by atoms with van der Waals surface area (Å²) in [6.45, 7) is 1.22. The number of thiazole rings is 1. The fraction of sp³-hybridized carbons (Fsp3) is 0.381. The summed E-state index contributed by atoms with van der Waals surface area (Å²) in [6, 6.07) is 4.63. The van der Waals surface area contributed by atoms with Gasteiger partial charge in [0, 0.05) is 35.1 Å². The minimum atomic E-state index is -4.63. The molecule has 0 bridgehead atoms. The Kier molecular flexibility index (Phi) is 5.62. The zero-order valence-corrected chi connectivity index (χ0v) is 19.3. The lowest BCUT2D eigenvalue weighted by Crippen LogP contribution is -2.45. The van der Waals surface area contributed by atoms with Crippen molar-refractivity contribution in [3.05, 3.63) is 45.8 Å². The first-order chi connectivity index (χ1) is 16.2. The Hall–Kier alpha value is -2.95. The van der Waals surface area contributed by atoms with Gasteiger partial charge in [0.2, 0.25) is 0 Å². The first-order valence-electron chi connectivity index (χ1n) is 10.4. The molecule has 1 aliphatic heterocycles. The van der Waals surface area contributed by atoms with Crippen molar-refractivity contribution in [2.24, 2.45) is 11.1 Å². The smallest absolute Gasteiger partial charge is 0.381 e. The van der Waals surface area contributed by atoms with Crippen LogP contribution in [-0.2, 0) is 12.6 Å². The lowest BCUT2D eigenvalue weighted by molar-refractivity contribution is -0.143. The molecule has 3 aromatic rings. The highest BCUT2D eigenvalue weighted by atomic mass is 32.2. The van der Waals surface area contributed by atoms with Crippen molar-refractivity contribution in [1.82, 2.24) is 19.9 Å². The monoisotopic (exact) mass is 504 g/mol. The normalized spacial score (nSPS) is 19.3. The molecule has 34 heavy (non-hydrogen) atoms. The van der Waals surface area contributed by atoms with Crippen LogP contribution < -0.4 is 16.4 Å². The summed E-state index contributed by atoms with van der Waals surface area (Å²) >= 11 is 2.28. The molecule has 1 aliphatic carbocycles. The number of hydrogen-bond donors (Lipinski definition) is 2. The number of rotatable bonds is 3. The van der Waals surface area contributed by atoms with E-state index in [-0.39, 0.29) is 32.9 Å². The van der Waals surface area contributed by atoms with Crippen LogP contribution >= 0.6 is 23.1 Å². The van der Waals surface area contributed by atoms with Crippen LogP contribution in [0.1, 0.15) is 40.8 Å². The minimum Gasteiger partial charge on any atom is -0.381 e. The standard InChI is InChI=1S/C21H19F3N8S2/c22-21(23,24)16-13(2-1-5-28-16)34-19-17(27)31-18(12(9-25)30-19)32-6-3-20(4-7-32)8-11-14(15(20)26)33-10-29-11/h1-2,5,10,15H,3-4,6-8,26H2,(H2,27,31)/t15-/m1/s1. The Morgan fingerprint density at radius 1 is 1.24 bits per heavy atom. The maximum atomic E-state index is 13.3. The van der Waals surface area contributed by atoms with Gasteiger partial charge in [-0.1, -0.05) is 11.8 Å². The van der Waals surface area contributed by atoms with Crippen molar-refractivity contribution < 1.29 is 13.2 Å². The van der Waals surface area contributed by atoms with E-state index in [1.54, 1.807) is 11.3 Å². The number of anilines is 2. The van der Waals surface area contributed by atoms with Crippen LogP contribution in [-0.4, -0.2) is 33.0 Å². The summed E-state index contributed by atoms with van der Waals surface area (Å²) < 4.78 is 39.9. The van der Waals surface area contributed by atoms with Crippen molar-refractivity contribution >= 4 is 34.7 Å². The van der Waals surface area contributed by atoms with Gasteiger partial charge in [0.25, 0.3) is 0 Å². The summed E-state index contributed by atoms with van der Waals surface area (Å²) in [7, 11) is 0. The summed E-state index contributed by atoms with van der Waals surface area (Å²) in [6.07, 6.45) is -1.13. The third kappa shape index (κ3) is 3.85. The lowest BCUT2D eigenvalue weighted by atomic mass is 9.74. The Morgan fingerprint density at radius 3 is 2.68 bits per heavy atom. The molecule has 0 saturated carbocycles. The zero-order valence-electron chi connectivity index (χ0n) is 17.7. The predicted molar refractivity (Wildman–Crippen MR) is 121 cm³/mol. The Bertz CT molecular complexity index is 1280. The van der Waals surface area contributed by atoms with Gasteiger partial charge in [0.1, 0.15) is 11.1 Å². The van der Waals surface area contributed by atoms with E-state index in [0.29, 0.717) is 30.7 Å². The molecule has 4 heterocycles. The second-order valence-electron chi connectivity index (χ2n) is 8.32. The molecule has 1 saturated heterocycles. The topological polar surface area (TPSA) is 131 Å². The first-order valence-corrected chi connectivity index (χ1v) is 12.1. The summed E-state index contributed by atoms with van der Waals surface area (Å²) in [5.41, 5.74) is 14.5. The van der Waals surface area contributed by atoms with Crippen LogP contribution in [0.15, 0.2) is 33.8 Å². The van der Waals surface area contributed by atoms with E-state index < -0.39 is 11.9 Å². The van der Waals surface area contributed by atoms with E-state index in [2.05, 4.69) is 19.9 Å². The van der Waals surface area contributed by atoms with Gasteiger partial charge in [-0.25, -0.2) is 15.0 Å². The molecule has 0 radical (unpaired) electrons. The summed E-state index contributed by atoms with van der Waals surface area (Å²) in [5, 5.41) is 9.73. The highest BCUT2D eigenvalue weighted by Crippen LogP contribution is 2.52. The van der Waals surface area contributed by atoms with Crippen LogP contribution in [0.2, 0.25) is 0 Å². The number of nitriles is 1. The molecule has 0 aromatic carbocycles. The van der Waals surface area contributed by atoms with Gasteiger partial charge in [0.15, 0.2) is 23.0 Å². The number of nitrogens with two attached hydrogens (primary N) is 2. The fourth-order valence-corrected chi connectivity index (χ4v) is 6.48. The van der Waals surface area contributed by atoms with Gasteiger partial charge in [-0.2, -0.15) is 18.4 Å². The number of nitrogens with zero attached hydrogens (tertiary/aromatic N) is 6. The van der Waals surface area contributed by atoms with Crippen molar-refractivity contribution in [3.63, 3.8) is 0 Å². The SMILES string of the molecule is N#Cc1nc(Sc2cccnc2C(F)(F)F)c(N)nc1N1CCC2(CC1)Cc1ncsc1[C@H]2N. The minimum absolute atomic E-state index is 0.0154.